The number of hydrogen-bond donors (Lipinski definition) is 1. The van der Waals surface area contributed by atoms with E-state index in [0.29, 0.717) is 5.56 Å². The molecule has 3 aromatic rings. The van der Waals surface area contributed by atoms with E-state index in [9.17, 15) is 13.9 Å². The quantitative estimate of drug-likeness (QED) is 0.508. The molecule has 31 heavy (non-hydrogen) atoms. The molecule has 1 atom stereocenters. The molecule has 0 fully saturated rings. The highest BCUT2D eigenvalue weighted by Gasteiger charge is 2.49. The first kappa shape index (κ1) is 23.1. The van der Waals surface area contributed by atoms with Gasteiger partial charge in [0, 0.05) is 0 Å². The van der Waals surface area contributed by atoms with Crippen molar-refractivity contribution in [3.63, 3.8) is 0 Å². The number of benzene rings is 3. The lowest BCUT2D eigenvalue weighted by atomic mass is 10.1. The van der Waals surface area contributed by atoms with Crippen LogP contribution in [-0.2, 0) is 4.43 Å². The number of halogens is 2. The van der Waals surface area contributed by atoms with E-state index < -0.39 is 26.1 Å². The van der Waals surface area contributed by atoms with Crippen molar-refractivity contribution in [3.8, 4) is 0 Å². The van der Waals surface area contributed by atoms with Gasteiger partial charge in [-0.05, 0) is 39.2 Å². The van der Waals surface area contributed by atoms with Gasteiger partial charge in [0.25, 0.3) is 8.32 Å². The van der Waals surface area contributed by atoms with Gasteiger partial charge in [0.15, 0.2) is 0 Å². The Morgan fingerprint density at radius 3 is 1.84 bits per heavy atom. The Kier molecular flexibility index (Phi) is 7.21. The average Bonchev–Trinajstić information content (AvgIpc) is 2.77. The molecule has 1 N–H and O–H groups in total. The third-order valence-corrected chi connectivity index (χ3v) is 10.4. The molecule has 3 rings (SSSR count). The zero-order valence-corrected chi connectivity index (χ0v) is 19.1. The first-order valence-electron chi connectivity index (χ1n) is 10.3. The molecule has 0 aromatic heterocycles. The fraction of sp³-hybridized carbons (Fsp3) is 0.231. The molecule has 3 aromatic carbocycles. The predicted octanol–water partition coefficient (Wildman–Crippen LogP) is 5.29. The van der Waals surface area contributed by atoms with Crippen LogP contribution in [-0.4, -0.2) is 20.0 Å². The topological polar surface area (TPSA) is 29.5 Å². The van der Waals surface area contributed by atoms with E-state index >= 15 is 0 Å². The van der Waals surface area contributed by atoms with Crippen LogP contribution in [0.25, 0.3) is 0 Å². The molecular weight excluding hydrogens is 410 g/mol. The maximum atomic E-state index is 14.7. The summed E-state index contributed by atoms with van der Waals surface area (Å²) in [6.45, 7) is 6.45. The van der Waals surface area contributed by atoms with Crippen molar-refractivity contribution in [3.05, 3.63) is 108 Å². The molecule has 162 valence electrons. The Hall–Kier alpha value is -2.60. The maximum absolute atomic E-state index is 14.7. The highest BCUT2D eigenvalue weighted by Crippen LogP contribution is 2.37. The van der Waals surface area contributed by atoms with E-state index in [4.69, 9.17) is 4.43 Å². The zero-order valence-electron chi connectivity index (χ0n) is 18.1. The van der Waals surface area contributed by atoms with Crippen molar-refractivity contribution >= 4 is 18.7 Å². The van der Waals surface area contributed by atoms with Gasteiger partial charge in [-0.1, -0.05) is 93.6 Å². The largest absolute Gasteiger partial charge is 0.404 e. The minimum absolute atomic E-state index is 0.0113. The predicted molar refractivity (Wildman–Crippen MR) is 124 cm³/mol. The van der Waals surface area contributed by atoms with Gasteiger partial charge in [0.05, 0.1) is 6.61 Å². The van der Waals surface area contributed by atoms with E-state index in [1.54, 1.807) is 0 Å². The molecular formula is C26H28F2O2Si. The second kappa shape index (κ2) is 9.69. The zero-order chi connectivity index (χ0) is 22.5. The van der Waals surface area contributed by atoms with Crippen LogP contribution >= 0.6 is 0 Å². The summed E-state index contributed by atoms with van der Waals surface area (Å²) < 4.78 is 34.4. The van der Waals surface area contributed by atoms with Crippen LogP contribution in [0, 0.1) is 5.82 Å². The molecule has 2 nitrogen and oxygen atoms in total. The fourth-order valence-electron chi connectivity index (χ4n) is 3.92. The molecule has 0 aliphatic rings. The minimum Gasteiger partial charge on any atom is -0.404 e. The van der Waals surface area contributed by atoms with Gasteiger partial charge in [-0.15, -0.1) is 0 Å². The summed E-state index contributed by atoms with van der Waals surface area (Å²) in [5.41, 5.74) is 0.292. The lowest BCUT2D eigenvalue weighted by Gasteiger charge is -2.42. The first-order chi connectivity index (χ1) is 14.8. The van der Waals surface area contributed by atoms with E-state index in [2.05, 4.69) is 45.0 Å². The van der Waals surface area contributed by atoms with E-state index in [1.807, 2.05) is 36.4 Å². The van der Waals surface area contributed by atoms with Gasteiger partial charge >= 0.3 is 0 Å². The number of rotatable bonds is 7. The molecule has 1 unspecified atom stereocenters. The van der Waals surface area contributed by atoms with E-state index in [-0.39, 0.29) is 11.6 Å². The average molecular weight is 439 g/mol. The van der Waals surface area contributed by atoms with E-state index in [0.717, 1.165) is 10.4 Å². The van der Waals surface area contributed by atoms with Crippen molar-refractivity contribution in [1.29, 1.82) is 0 Å². The van der Waals surface area contributed by atoms with Gasteiger partial charge in [0.1, 0.15) is 17.7 Å². The molecule has 0 saturated carbocycles. The maximum Gasteiger partial charge on any atom is 0.261 e. The second-order valence-corrected chi connectivity index (χ2v) is 12.8. The summed E-state index contributed by atoms with van der Waals surface area (Å²) in [5, 5.41) is 12.3. The highest BCUT2D eigenvalue weighted by molar-refractivity contribution is 6.99. The van der Waals surface area contributed by atoms with Crippen LogP contribution < -0.4 is 10.4 Å². The van der Waals surface area contributed by atoms with Crippen LogP contribution in [0.2, 0.25) is 5.04 Å². The molecule has 0 radical (unpaired) electrons. The molecule has 0 amide bonds. The summed E-state index contributed by atoms with van der Waals surface area (Å²) >= 11 is 0. The van der Waals surface area contributed by atoms with Gasteiger partial charge < -0.3 is 9.53 Å². The van der Waals surface area contributed by atoms with Gasteiger partial charge in [-0.3, -0.25) is 0 Å². The van der Waals surface area contributed by atoms with Gasteiger partial charge in [0.2, 0.25) is 0 Å². The molecule has 0 aliphatic carbocycles. The van der Waals surface area contributed by atoms with Crippen molar-refractivity contribution in [2.45, 2.75) is 31.9 Å². The smallest absolute Gasteiger partial charge is 0.261 e. The standard InChI is InChI=1S/C26H28F2O2Si/c1-26(2,3)31(22-10-6-4-7-11-22,23-12-8-5-9-13-23)30-19-18-24(28)25(29)20-14-16-21(27)17-15-20/h4-18,25,29H,19H2,1-3H3/b24-18-. The van der Waals surface area contributed by atoms with Crippen molar-refractivity contribution in [1.82, 2.24) is 0 Å². The second-order valence-electron chi connectivity index (χ2n) is 8.52. The van der Waals surface area contributed by atoms with Gasteiger partial charge in [-0.25, -0.2) is 8.78 Å². The first-order valence-corrected chi connectivity index (χ1v) is 12.2. The summed E-state index contributed by atoms with van der Waals surface area (Å²) in [7, 11) is -2.78. The van der Waals surface area contributed by atoms with Crippen LogP contribution in [0.5, 0.6) is 0 Å². The minimum atomic E-state index is -2.78. The SMILES string of the molecule is CC(C)(C)[Si](OC/C=C(\F)C(O)c1ccc(F)cc1)(c1ccccc1)c1ccccc1. The summed E-state index contributed by atoms with van der Waals surface area (Å²) in [4.78, 5) is 0. The lowest BCUT2D eigenvalue weighted by molar-refractivity contribution is 0.183. The third-order valence-electron chi connectivity index (χ3n) is 5.44. The lowest BCUT2D eigenvalue weighted by Crippen LogP contribution is -2.66. The Balaban J connectivity index is 1.94. The summed E-state index contributed by atoms with van der Waals surface area (Å²) in [6, 6.07) is 25.3. The Labute approximate surface area is 184 Å². The fourth-order valence-corrected chi connectivity index (χ4v) is 8.41. The Morgan fingerprint density at radius 2 is 1.39 bits per heavy atom. The van der Waals surface area contributed by atoms with Crippen molar-refractivity contribution < 1.29 is 18.3 Å². The number of hydrogen-bond acceptors (Lipinski definition) is 2. The summed E-state index contributed by atoms with van der Waals surface area (Å²) in [6.07, 6.45) is -0.184. The van der Waals surface area contributed by atoms with Crippen molar-refractivity contribution in [2.24, 2.45) is 0 Å². The molecule has 0 heterocycles. The van der Waals surface area contributed by atoms with Crippen molar-refractivity contribution in [2.75, 3.05) is 6.61 Å². The Bertz CT molecular complexity index is 958. The number of aliphatic hydroxyl groups excluding tert-OH is 1. The Morgan fingerprint density at radius 1 is 0.903 bits per heavy atom. The van der Waals surface area contributed by atoms with Crippen LogP contribution in [0.4, 0.5) is 8.78 Å². The molecule has 0 saturated heterocycles. The monoisotopic (exact) mass is 438 g/mol. The van der Waals surface area contributed by atoms with Crippen LogP contribution in [0.1, 0.15) is 32.4 Å². The normalized spacial score (nSPS) is 13.8. The van der Waals surface area contributed by atoms with Crippen LogP contribution in [0.15, 0.2) is 96.8 Å². The van der Waals surface area contributed by atoms with E-state index in [1.165, 1.54) is 30.3 Å². The number of aliphatic hydroxyl groups is 1. The highest BCUT2D eigenvalue weighted by atomic mass is 28.4. The molecule has 0 bridgehead atoms. The molecule has 0 aliphatic heterocycles. The summed E-state index contributed by atoms with van der Waals surface area (Å²) in [5.74, 6) is -1.15. The molecule has 0 spiro atoms. The van der Waals surface area contributed by atoms with Crippen LogP contribution in [0.3, 0.4) is 0 Å². The third kappa shape index (κ3) is 5.01. The van der Waals surface area contributed by atoms with Gasteiger partial charge in [-0.2, -0.15) is 0 Å². The molecule has 5 heteroatoms.